The van der Waals surface area contributed by atoms with E-state index in [2.05, 4.69) is 17.4 Å². The first-order chi connectivity index (χ1) is 20.0. The second-order valence-corrected chi connectivity index (χ2v) is 11.8. The first-order valence-electron chi connectivity index (χ1n) is 14.2. The number of ether oxygens (including phenoxy) is 2. The Kier molecular flexibility index (Phi) is 9.50. The summed E-state index contributed by atoms with van der Waals surface area (Å²) in [6.07, 6.45) is 6.90. The summed E-state index contributed by atoms with van der Waals surface area (Å²) < 4.78 is 10.5. The molecule has 42 heavy (non-hydrogen) atoms. The summed E-state index contributed by atoms with van der Waals surface area (Å²) in [5.41, 5.74) is 3.56. The molecule has 2 amide bonds. The number of allylic oxidation sites excluding steroid dienone is 1. The van der Waals surface area contributed by atoms with Gasteiger partial charge in [0.2, 0.25) is 5.91 Å². The van der Waals surface area contributed by atoms with Gasteiger partial charge in [-0.2, -0.15) is 0 Å². The molecule has 9 heteroatoms. The molecule has 2 aromatic rings. The van der Waals surface area contributed by atoms with Crippen molar-refractivity contribution in [2.24, 2.45) is 5.92 Å². The normalized spacial score (nSPS) is 18.7. The summed E-state index contributed by atoms with van der Waals surface area (Å²) in [7, 11) is 3.14. The fourth-order valence-corrected chi connectivity index (χ4v) is 5.10. The minimum absolute atomic E-state index is 0.0402. The van der Waals surface area contributed by atoms with Crippen molar-refractivity contribution in [2.75, 3.05) is 33.8 Å². The summed E-state index contributed by atoms with van der Waals surface area (Å²) in [6.45, 7) is 7.26. The molecule has 0 spiro atoms. The Morgan fingerprint density at radius 3 is 2.26 bits per heavy atom. The fraction of sp³-hybridized carbons (Fsp3) is 0.394. The van der Waals surface area contributed by atoms with Gasteiger partial charge < -0.3 is 30.0 Å². The first kappa shape index (κ1) is 30.6. The number of nitrogens with zero attached hydrogens (tertiary/aromatic N) is 2. The Balaban J connectivity index is 1.35. The third kappa shape index (κ3) is 7.66. The molecule has 0 radical (unpaired) electrons. The molecule has 0 bridgehead atoms. The molecular formula is C33H40N4O5. The third-order valence-corrected chi connectivity index (χ3v) is 7.39. The van der Waals surface area contributed by atoms with Crippen LogP contribution in [0.4, 0.5) is 4.79 Å². The van der Waals surface area contributed by atoms with E-state index in [1.807, 2.05) is 37.8 Å². The van der Waals surface area contributed by atoms with Gasteiger partial charge in [-0.15, -0.1) is 0 Å². The summed E-state index contributed by atoms with van der Waals surface area (Å²) in [4.78, 5) is 41.2. The van der Waals surface area contributed by atoms with Crippen molar-refractivity contribution in [1.82, 2.24) is 15.1 Å². The number of carbonyl (C=O) groups excluding carboxylic acids is 3. The highest BCUT2D eigenvalue weighted by Crippen LogP contribution is 2.46. The van der Waals surface area contributed by atoms with Gasteiger partial charge in [-0.25, -0.2) is 9.59 Å². The van der Waals surface area contributed by atoms with Gasteiger partial charge in [0.25, 0.3) is 0 Å². The highest BCUT2D eigenvalue weighted by molar-refractivity contribution is 6.08. The first-order valence-corrected chi connectivity index (χ1v) is 14.2. The smallest absolute Gasteiger partial charge is 0.410 e. The summed E-state index contributed by atoms with van der Waals surface area (Å²) >= 11 is 0. The lowest BCUT2D eigenvalue weighted by atomic mass is 9.98. The van der Waals surface area contributed by atoms with Crippen molar-refractivity contribution >= 4 is 35.8 Å². The Morgan fingerprint density at radius 2 is 1.69 bits per heavy atom. The Morgan fingerprint density at radius 1 is 1.05 bits per heavy atom. The minimum atomic E-state index is -0.606. The number of esters is 1. The van der Waals surface area contributed by atoms with Crippen LogP contribution < -0.4 is 5.32 Å². The van der Waals surface area contributed by atoms with Crippen molar-refractivity contribution < 1.29 is 23.9 Å². The van der Waals surface area contributed by atoms with E-state index in [-0.39, 0.29) is 29.9 Å². The number of rotatable bonds is 10. The summed E-state index contributed by atoms with van der Waals surface area (Å²) in [5, 5.41) is 10.6. The van der Waals surface area contributed by atoms with Crippen molar-refractivity contribution in [3.63, 3.8) is 0 Å². The van der Waals surface area contributed by atoms with Crippen LogP contribution in [0.25, 0.3) is 11.6 Å². The van der Waals surface area contributed by atoms with Crippen molar-refractivity contribution in [3.05, 3.63) is 83.1 Å². The van der Waals surface area contributed by atoms with E-state index in [0.29, 0.717) is 25.2 Å². The van der Waals surface area contributed by atoms with Gasteiger partial charge in [0, 0.05) is 68.6 Å². The molecule has 4 rings (SSSR count). The molecule has 1 aliphatic heterocycles. The van der Waals surface area contributed by atoms with Crippen LogP contribution in [0, 0.1) is 11.3 Å². The maximum absolute atomic E-state index is 13.3. The van der Waals surface area contributed by atoms with Gasteiger partial charge in [-0.1, -0.05) is 36.4 Å². The molecule has 222 valence electrons. The molecule has 2 aromatic carbocycles. The maximum Gasteiger partial charge on any atom is 0.410 e. The molecule has 2 aliphatic rings. The number of benzene rings is 2. The van der Waals surface area contributed by atoms with Gasteiger partial charge >= 0.3 is 12.1 Å². The monoisotopic (exact) mass is 572 g/mol. The number of amides is 2. The van der Waals surface area contributed by atoms with Crippen LogP contribution in [0.3, 0.4) is 0 Å². The van der Waals surface area contributed by atoms with E-state index in [9.17, 15) is 14.4 Å². The van der Waals surface area contributed by atoms with E-state index in [0.717, 1.165) is 28.7 Å². The number of nitrogens with one attached hydrogen (secondary N) is 2. The van der Waals surface area contributed by atoms with Crippen LogP contribution in [0.15, 0.2) is 60.8 Å². The zero-order valence-electron chi connectivity index (χ0n) is 24.9. The lowest BCUT2D eigenvalue weighted by Gasteiger charge is -2.41. The van der Waals surface area contributed by atoms with Gasteiger partial charge in [-0.3, -0.25) is 4.79 Å². The van der Waals surface area contributed by atoms with Crippen LogP contribution in [0.2, 0.25) is 0 Å². The predicted octanol–water partition coefficient (Wildman–Crippen LogP) is 4.95. The third-order valence-electron chi connectivity index (χ3n) is 7.39. The molecule has 9 nitrogen and oxygen atoms in total. The van der Waals surface area contributed by atoms with E-state index >= 15 is 0 Å². The van der Waals surface area contributed by atoms with Crippen LogP contribution in [0.5, 0.6) is 0 Å². The standard InChI is InChI=1S/C33H40N4O5/c1-33(2,3)42-32(40)37(29-16-28(29)25-13-11-24(12-14-25)27(17-34)18-35-4)21-23-19-36(20-23)30(38)15-8-22-6-9-26(10-7-22)31(39)41-5/h6-15,17-18,23,28-29,34-35H,16,19-21H2,1-5H3/b15-8+,27-18+,34-17?. The molecule has 2 atom stereocenters. The molecule has 1 aliphatic carbocycles. The highest BCUT2D eigenvalue weighted by atomic mass is 16.6. The Hall–Kier alpha value is -4.40. The largest absolute Gasteiger partial charge is 0.465 e. The molecule has 2 N–H and O–H groups in total. The Labute approximate surface area is 247 Å². The quantitative estimate of drug-likeness (QED) is 0.237. The number of hydrogen-bond acceptors (Lipinski definition) is 7. The minimum Gasteiger partial charge on any atom is -0.465 e. The highest BCUT2D eigenvalue weighted by Gasteiger charge is 2.47. The average Bonchev–Trinajstić information content (AvgIpc) is 3.73. The van der Waals surface area contributed by atoms with E-state index in [1.165, 1.54) is 19.4 Å². The molecule has 1 heterocycles. The average molecular weight is 573 g/mol. The molecular weight excluding hydrogens is 532 g/mol. The molecule has 0 aromatic heterocycles. The molecule has 1 saturated heterocycles. The van der Waals surface area contributed by atoms with Gasteiger partial charge in [-0.05, 0) is 62.1 Å². The van der Waals surface area contributed by atoms with E-state index in [4.69, 9.17) is 14.9 Å². The molecule has 2 unspecified atom stereocenters. The molecule has 1 saturated carbocycles. The van der Waals surface area contributed by atoms with Gasteiger partial charge in [0.05, 0.1) is 12.7 Å². The summed E-state index contributed by atoms with van der Waals surface area (Å²) in [5.74, 6) is -0.110. The zero-order valence-corrected chi connectivity index (χ0v) is 24.9. The predicted molar refractivity (Wildman–Crippen MR) is 163 cm³/mol. The van der Waals surface area contributed by atoms with Gasteiger partial charge in [0.15, 0.2) is 0 Å². The van der Waals surface area contributed by atoms with Crippen LogP contribution in [-0.2, 0) is 14.3 Å². The van der Waals surface area contributed by atoms with Crippen molar-refractivity contribution in [2.45, 2.75) is 44.8 Å². The van der Waals surface area contributed by atoms with Crippen LogP contribution >= 0.6 is 0 Å². The number of carbonyl (C=O) groups is 3. The topological polar surface area (TPSA) is 112 Å². The van der Waals surface area contributed by atoms with Crippen molar-refractivity contribution in [3.8, 4) is 0 Å². The number of likely N-dealkylation sites (tertiary alicyclic amines) is 1. The lowest BCUT2D eigenvalue weighted by Crippen LogP contribution is -2.55. The lowest BCUT2D eigenvalue weighted by molar-refractivity contribution is -0.132. The zero-order chi connectivity index (χ0) is 30.4. The second kappa shape index (κ2) is 13.1. The number of hydrogen-bond donors (Lipinski definition) is 2. The maximum atomic E-state index is 13.3. The van der Waals surface area contributed by atoms with Crippen molar-refractivity contribution in [1.29, 1.82) is 5.41 Å². The molecule has 2 fully saturated rings. The van der Waals surface area contributed by atoms with Crippen LogP contribution in [0.1, 0.15) is 60.2 Å². The Bertz CT molecular complexity index is 1350. The SMILES string of the molecule is CN/C=C(\C=N)c1ccc(C2CC2N(CC2CN(C(=O)/C=C/c3ccc(C(=O)OC)cc3)C2)C(=O)OC(C)(C)C)cc1. The van der Waals surface area contributed by atoms with E-state index in [1.54, 1.807) is 48.5 Å². The number of methoxy groups -OCH3 is 1. The van der Waals surface area contributed by atoms with Gasteiger partial charge in [0.1, 0.15) is 5.60 Å². The van der Waals surface area contributed by atoms with Crippen LogP contribution in [-0.4, -0.2) is 79.4 Å². The van der Waals surface area contributed by atoms with E-state index < -0.39 is 11.6 Å². The summed E-state index contributed by atoms with van der Waals surface area (Å²) in [6, 6.07) is 15.0. The second-order valence-electron chi connectivity index (χ2n) is 11.8. The fourth-order valence-electron chi connectivity index (χ4n) is 5.10.